The van der Waals surface area contributed by atoms with E-state index in [-0.39, 0.29) is 25.0 Å². The molecule has 0 unspecified atom stereocenters. The van der Waals surface area contributed by atoms with Crippen LogP contribution in [0.2, 0.25) is 0 Å². The number of carbonyl (C=O) groups excluding carboxylic acids is 3. The summed E-state index contributed by atoms with van der Waals surface area (Å²) in [6, 6.07) is 2.88. The highest BCUT2D eigenvalue weighted by Gasteiger charge is 2.68. The van der Waals surface area contributed by atoms with Crippen LogP contribution in [0.5, 0.6) is 17.2 Å². The van der Waals surface area contributed by atoms with Gasteiger partial charge in [-0.3, -0.25) is 24.6 Å². The van der Waals surface area contributed by atoms with Gasteiger partial charge in [0.2, 0.25) is 17.6 Å². The molecule has 9 heteroatoms. The number of benzene rings is 1. The Morgan fingerprint density at radius 2 is 1.66 bits per heavy atom. The van der Waals surface area contributed by atoms with Gasteiger partial charge in [-0.25, -0.2) is 0 Å². The lowest BCUT2D eigenvalue weighted by molar-refractivity contribution is -0.156. The van der Waals surface area contributed by atoms with Gasteiger partial charge in [0.15, 0.2) is 11.5 Å². The predicted octanol–water partition coefficient (Wildman–Crippen LogP) is 2.08. The molecule has 0 radical (unpaired) electrons. The summed E-state index contributed by atoms with van der Waals surface area (Å²) in [5, 5.41) is 3.36. The molecule has 32 heavy (non-hydrogen) atoms. The van der Waals surface area contributed by atoms with E-state index >= 15 is 0 Å². The number of ether oxygens (including phenoxy) is 4. The van der Waals surface area contributed by atoms with E-state index in [4.69, 9.17) is 18.9 Å². The van der Waals surface area contributed by atoms with E-state index in [2.05, 4.69) is 5.32 Å². The fourth-order valence-electron chi connectivity index (χ4n) is 5.12. The second kappa shape index (κ2) is 9.36. The number of fused-ring (bicyclic) bond motifs is 1. The van der Waals surface area contributed by atoms with Crippen molar-refractivity contribution >= 4 is 17.8 Å². The Morgan fingerprint density at radius 3 is 2.12 bits per heavy atom. The van der Waals surface area contributed by atoms with Gasteiger partial charge in [-0.05, 0) is 38.0 Å². The third kappa shape index (κ3) is 3.48. The van der Waals surface area contributed by atoms with Crippen LogP contribution in [-0.2, 0) is 19.1 Å². The average Bonchev–Trinajstić information content (AvgIpc) is 3.27. The summed E-state index contributed by atoms with van der Waals surface area (Å²) in [7, 11) is 4.53. The summed E-state index contributed by atoms with van der Waals surface area (Å²) in [6.45, 7) is 5.84. The zero-order valence-corrected chi connectivity index (χ0v) is 19.5. The van der Waals surface area contributed by atoms with Crippen molar-refractivity contribution in [3.8, 4) is 17.2 Å². The Labute approximate surface area is 188 Å². The van der Waals surface area contributed by atoms with E-state index in [0.29, 0.717) is 35.7 Å². The molecule has 0 saturated carbocycles. The molecule has 1 aromatic carbocycles. The third-order valence-electron chi connectivity index (χ3n) is 6.39. The maximum atomic E-state index is 13.3. The Bertz CT molecular complexity index is 877. The minimum Gasteiger partial charge on any atom is -0.493 e. The van der Waals surface area contributed by atoms with Gasteiger partial charge in [-0.1, -0.05) is 13.3 Å². The van der Waals surface area contributed by atoms with Gasteiger partial charge in [0.25, 0.3) is 0 Å². The Kier molecular flexibility index (Phi) is 6.97. The molecule has 0 aliphatic carbocycles. The minimum atomic E-state index is -1.29. The number of methoxy groups -OCH3 is 3. The molecule has 0 spiro atoms. The van der Waals surface area contributed by atoms with Gasteiger partial charge in [-0.15, -0.1) is 0 Å². The van der Waals surface area contributed by atoms with Crippen molar-refractivity contribution in [1.29, 1.82) is 0 Å². The van der Waals surface area contributed by atoms with Crippen molar-refractivity contribution in [1.82, 2.24) is 10.2 Å². The van der Waals surface area contributed by atoms with Crippen molar-refractivity contribution in [2.45, 2.75) is 45.2 Å². The molecule has 2 fully saturated rings. The first-order valence-electron chi connectivity index (χ1n) is 10.9. The number of hydrogen-bond acceptors (Lipinski definition) is 8. The zero-order valence-electron chi connectivity index (χ0n) is 19.5. The normalized spacial score (nSPS) is 26.8. The van der Waals surface area contributed by atoms with E-state index in [1.807, 2.05) is 6.92 Å². The molecule has 176 valence electrons. The van der Waals surface area contributed by atoms with Gasteiger partial charge in [0.05, 0.1) is 39.8 Å². The standard InChI is InChI=1S/C23H32N2O7/c1-7-10-23(22(28)32-9-3)17-16(20(26)25(8-2)21(17)27)18(24-23)13-11-14(29-4)19(31-6)15(12-13)30-5/h11-12,16-18,24H,7-10H2,1-6H3/t16-,17-,18-,23+/m0/s1. The molecular weight excluding hydrogens is 416 g/mol. The summed E-state index contributed by atoms with van der Waals surface area (Å²) in [5.74, 6) is -1.47. The number of carbonyl (C=O) groups is 3. The molecule has 1 N–H and O–H groups in total. The lowest BCUT2D eigenvalue weighted by Crippen LogP contribution is -2.56. The molecule has 2 saturated heterocycles. The summed E-state index contributed by atoms with van der Waals surface area (Å²) in [6.07, 6.45) is 0.995. The molecular formula is C23H32N2O7. The highest BCUT2D eigenvalue weighted by atomic mass is 16.5. The number of amides is 2. The number of nitrogens with zero attached hydrogens (tertiary/aromatic N) is 1. The van der Waals surface area contributed by atoms with Crippen molar-refractivity contribution in [2.75, 3.05) is 34.5 Å². The van der Waals surface area contributed by atoms with Crippen molar-refractivity contribution in [3.63, 3.8) is 0 Å². The van der Waals surface area contributed by atoms with Gasteiger partial charge in [0.1, 0.15) is 5.54 Å². The monoisotopic (exact) mass is 448 g/mol. The quantitative estimate of drug-likeness (QED) is 0.452. The van der Waals surface area contributed by atoms with Gasteiger partial charge < -0.3 is 18.9 Å². The largest absolute Gasteiger partial charge is 0.493 e. The van der Waals surface area contributed by atoms with Gasteiger partial charge in [0, 0.05) is 12.6 Å². The molecule has 1 aromatic rings. The number of likely N-dealkylation sites (tertiary alicyclic amines) is 1. The minimum absolute atomic E-state index is 0.178. The molecule has 2 aliphatic heterocycles. The van der Waals surface area contributed by atoms with Gasteiger partial charge >= 0.3 is 5.97 Å². The Morgan fingerprint density at radius 1 is 1.03 bits per heavy atom. The molecule has 0 aromatic heterocycles. The van der Waals surface area contributed by atoms with Crippen molar-refractivity contribution < 1.29 is 33.3 Å². The zero-order chi connectivity index (χ0) is 23.6. The van der Waals surface area contributed by atoms with Crippen LogP contribution < -0.4 is 19.5 Å². The maximum Gasteiger partial charge on any atom is 0.327 e. The summed E-state index contributed by atoms with van der Waals surface area (Å²) >= 11 is 0. The van der Waals surface area contributed by atoms with Crippen LogP contribution in [0.15, 0.2) is 12.1 Å². The first kappa shape index (κ1) is 23.8. The van der Waals surface area contributed by atoms with E-state index in [9.17, 15) is 14.4 Å². The Balaban J connectivity index is 2.20. The molecule has 2 aliphatic rings. The topological polar surface area (TPSA) is 103 Å². The summed E-state index contributed by atoms with van der Waals surface area (Å²) in [4.78, 5) is 41.2. The van der Waals surface area contributed by atoms with E-state index in [0.717, 1.165) is 0 Å². The molecule has 9 nitrogen and oxygen atoms in total. The SMILES string of the molecule is CCC[C@@]1(C(=O)OCC)N[C@@H](c2cc(OC)c(OC)c(OC)c2)[C@H]2C(=O)N(CC)C(=O)[C@H]21. The summed E-state index contributed by atoms with van der Waals surface area (Å²) in [5.41, 5.74) is -0.632. The van der Waals surface area contributed by atoms with E-state index < -0.39 is 29.4 Å². The number of nitrogens with one attached hydrogen (secondary N) is 1. The Hall–Kier alpha value is -2.81. The predicted molar refractivity (Wildman–Crippen MR) is 116 cm³/mol. The molecule has 2 heterocycles. The highest BCUT2D eigenvalue weighted by molar-refractivity contribution is 6.09. The number of esters is 1. The van der Waals surface area contributed by atoms with Crippen LogP contribution in [-0.4, -0.2) is 62.7 Å². The highest BCUT2D eigenvalue weighted by Crippen LogP contribution is 2.52. The first-order chi connectivity index (χ1) is 15.3. The van der Waals surface area contributed by atoms with Crippen molar-refractivity contribution in [2.24, 2.45) is 11.8 Å². The number of hydrogen-bond donors (Lipinski definition) is 1. The van der Waals surface area contributed by atoms with E-state index in [1.165, 1.54) is 26.2 Å². The smallest absolute Gasteiger partial charge is 0.327 e. The fraction of sp³-hybridized carbons (Fsp3) is 0.609. The van der Waals surface area contributed by atoms with Crippen LogP contribution in [0.25, 0.3) is 0 Å². The van der Waals surface area contributed by atoms with Crippen LogP contribution in [0.1, 0.15) is 45.2 Å². The van der Waals surface area contributed by atoms with E-state index in [1.54, 1.807) is 26.0 Å². The molecule has 4 atom stereocenters. The van der Waals surface area contributed by atoms with Crippen LogP contribution in [0.3, 0.4) is 0 Å². The first-order valence-corrected chi connectivity index (χ1v) is 10.9. The van der Waals surface area contributed by atoms with Crippen LogP contribution in [0.4, 0.5) is 0 Å². The fourth-order valence-corrected chi connectivity index (χ4v) is 5.12. The molecule has 2 amide bonds. The van der Waals surface area contributed by atoms with Crippen molar-refractivity contribution in [3.05, 3.63) is 17.7 Å². The number of imide groups is 1. The molecule has 0 bridgehead atoms. The second-order valence-electron chi connectivity index (χ2n) is 7.95. The number of rotatable bonds is 9. The summed E-state index contributed by atoms with van der Waals surface area (Å²) < 4.78 is 21.8. The molecule has 3 rings (SSSR count). The lowest BCUT2D eigenvalue weighted by atomic mass is 9.77. The third-order valence-corrected chi connectivity index (χ3v) is 6.39. The van der Waals surface area contributed by atoms with Crippen LogP contribution in [0, 0.1) is 11.8 Å². The second-order valence-corrected chi connectivity index (χ2v) is 7.95. The van der Waals surface area contributed by atoms with Crippen LogP contribution >= 0.6 is 0 Å². The lowest BCUT2D eigenvalue weighted by Gasteiger charge is -2.32. The average molecular weight is 449 g/mol. The maximum absolute atomic E-state index is 13.3. The van der Waals surface area contributed by atoms with Gasteiger partial charge in [-0.2, -0.15) is 0 Å².